The van der Waals surface area contributed by atoms with E-state index in [0.717, 1.165) is 16.7 Å². The molecule has 0 aliphatic rings. The number of aryl methyl sites for hydroxylation is 2. The van der Waals surface area contributed by atoms with E-state index in [1.807, 2.05) is 69.3 Å². The highest BCUT2D eigenvalue weighted by atomic mass is 35.5. The summed E-state index contributed by atoms with van der Waals surface area (Å²) in [5.41, 5.74) is 5.37. The van der Waals surface area contributed by atoms with Crippen LogP contribution in [0.5, 0.6) is 0 Å². The molecule has 0 saturated heterocycles. The average molecular weight is 381 g/mol. The highest BCUT2D eigenvalue weighted by Gasteiger charge is 2.27. The summed E-state index contributed by atoms with van der Waals surface area (Å²) in [6, 6.07) is 16.0. The van der Waals surface area contributed by atoms with Gasteiger partial charge in [-0.1, -0.05) is 94.5 Å². The van der Waals surface area contributed by atoms with Gasteiger partial charge in [0.2, 0.25) is 0 Å². The lowest BCUT2D eigenvalue weighted by Crippen LogP contribution is -2.23. The average Bonchev–Trinajstić information content (AvgIpc) is 2.49. The molecule has 2 rings (SSSR count). The van der Waals surface area contributed by atoms with E-state index in [1.54, 1.807) is 6.92 Å². The van der Waals surface area contributed by atoms with Gasteiger partial charge < -0.3 is 0 Å². The number of rotatable bonds is 4. The van der Waals surface area contributed by atoms with Crippen LogP contribution < -0.4 is 0 Å². The van der Waals surface area contributed by atoms with Crippen LogP contribution >= 0.6 is 34.8 Å². The maximum absolute atomic E-state index is 6.40. The maximum Gasteiger partial charge on any atom is 0.157 e. The Morgan fingerprint density at radius 1 is 0.833 bits per heavy atom. The summed E-state index contributed by atoms with van der Waals surface area (Å²) < 4.78 is -1.14. The molecule has 2 aromatic rings. The second-order valence-corrected chi connectivity index (χ2v) is 8.24. The zero-order chi connectivity index (χ0) is 17.9. The van der Waals surface area contributed by atoms with Crippen LogP contribution in [0.3, 0.4) is 0 Å². The number of alkyl halides is 2. The Balaban J connectivity index is 2.60. The Morgan fingerprint density at radius 2 is 1.25 bits per heavy atom. The van der Waals surface area contributed by atoms with Crippen molar-refractivity contribution in [2.75, 3.05) is 0 Å². The fourth-order valence-electron chi connectivity index (χ4n) is 2.29. The minimum Gasteiger partial charge on any atom is -0.248 e. The van der Waals surface area contributed by atoms with Crippen LogP contribution in [0, 0.1) is 13.8 Å². The number of hydrogen-bond donors (Lipinski definition) is 0. The molecule has 1 nitrogen and oxygen atoms in total. The van der Waals surface area contributed by atoms with E-state index in [-0.39, 0.29) is 0 Å². The third kappa shape index (κ3) is 4.86. The van der Waals surface area contributed by atoms with Crippen LogP contribution in [0.1, 0.15) is 36.1 Å². The molecule has 0 amide bonds. The van der Waals surface area contributed by atoms with Crippen molar-refractivity contribution in [1.29, 1.82) is 0 Å². The summed E-state index contributed by atoms with van der Waals surface area (Å²) in [5, 5.41) is 0.584. The Morgan fingerprint density at radius 3 is 1.62 bits per heavy atom. The highest BCUT2D eigenvalue weighted by molar-refractivity contribution is 6.60. The molecule has 126 valence electrons. The van der Waals surface area contributed by atoms with Gasteiger partial charge in [-0.3, -0.25) is 0 Å². The molecule has 0 spiro atoms. The number of halogens is 3. The molecule has 0 fully saturated rings. The molecule has 0 unspecified atom stereocenters. The van der Waals surface area contributed by atoms with E-state index in [9.17, 15) is 0 Å². The van der Waals surface area contributed by atoms with Gasteiger partial charge in [0.1, 0.15) is 0 Å². The van der Waals surface area contributed by atoms with Crippen molar-refractivity contribution >= 4 is 46.2 Å². The van der Waals surface area contributed by atoms with E-state index in [1.165, 1.54) is 5.56 Å². The molecule has 0 aliphatic heterocycles. The first-order chi connectivity index (χ1) is 11.2. The molecule has 4 heteroatoms. The van der Waals surface area contributed by atoms with Gasteiger partial charge in [0.15, 0.2) is 4.33 Å². The predicted molar refractivity (Wildman–Crippen MR) is 107 cm³/mol. The van der Waals surface area contributed by atoms with E-state index in [4.69, 9.17) is 39.8 Å². The highest BCUT2D eigenvalue weighted by Crippen LogP contribution is 2.31. The summed E-state index contributed by atoms with van der Waals surface area (Å²) in [6.45, 7) is 7.59. The molecule has 24 heavy (non-hydrogen) atoms. The minimum absolute atomic E-state index is 0.571. The molecule has 0 aromatic heterocycles. The predicted octanol–water partition coefficient (Wildman–Crippen LogP) is 6.91. The van der Waals surface area contributed by atoms with Gasteiger partial charge in [-0.15, -0.1) is 0 Å². The van der Waals surface area contributed by atoms with Gasteiger partial charge >= 0.3 is 0 Å². The zero-order valence-electron chi connectivity index (χ0n) is 14.2. The van der Waals surface area contributed by atoms with Crippen molar-refractivity contribution in [2.24, 2.45) is 4.99 Å². The first kappa shape index (κ1) is 19.1. The Hall–Kier alpha value is -1.28. The summed E-state index contributed by atoms with van der Waals surface area (Å²) in [5.74, 6) is 0. The molecule has 0 atom stereocenters. The van der Waals surface area contributed by atoms with Crippen molar-refractivity contribution in [3.8, 4) is 0 Å². The van der Waals surface area contributed by atoms with Crippen molar-refractivity contribution in [3.63, 3.8) is 0 Å². The van der Waals surface area contributed by atoms with Gasteiger partial charge in [0.25, 0.3) is 0 Å². The normalized spacial score (nSPS) is 13.7. The fourth-order valence-corrected chi connectivity index (χ4v) is 2.75. The molecule has 0 aliphatic carbocycles. The van der Waals surface area contributed by atoms with E-state index >= 15 is 0 Å². The van der Waals surface area contributed by atoms with Crippen molar-refractivity contribution in [2.45, 2.75) is 32.0 Å². The van der Waals surface area contributed by atoms with Crippen LogP contribution in [0.15, 0.2) is 58.6 Å². The van der Waals surface area contributed by atoms with Crippen LogP contribution in [0.2, 0.25) is 0 Å². The SMILES string of the molecule is C/C(Cl)=C(/N=C(c1ccc(C)cc1)C(C)(Cl)Cl)c1ccc(C)cc1. The largest absolute Gasteiger partial charge is 0.248 e. The second kappa shape index (κ2) is 7.74. The Labute approximate surface area is 159 Å². The van der Waals surface area contributed by atoms with Crippen LogP contribution in [-0.4, -0.2) is 10.0 Å². The third-order valence-corrected chi connectivity index (χ3v) is 4.15. The molecule has 0 heterocycles. The smallest absolute Gasteiger partial charge is 0.157 e. The molecule has 2 aromatic carbocycles. The zero-order valence-corrected chi connectivity index (χ0v) is 16.5. The summed E-state index contributed by atoms with van der Waals surface area (Å²) >= 11 is 19.1. The lowest BCUT2D eigenvalue weighted by atomic mass is 10.0. The number of nitrogens with zero attached hydrogens (tertiary/aromatic N) is 1. The van der Waals surface area contributed by atoms with Crippen molar-refractivity contribution < 1.29 is 0 Å². The first-order valence-electron chi connectivity index (χ1n) is 7.66. The van der Waals surface area contributed by atoms with E-state index < -0.39 is 4.33 Å². The molecular formula is C20H20Cl3N. The molecule has 0 N–H and O–H groups in total. The van der Waals surface area contributed by atoms with Gasteiger partial charge in [0, 0.05) is 10.6 Å². The quantitative estimate of drug-likeness (QED) is 0.403. The van der Waals surface area contributed by atoms with Crippen LogP contribution in [0.25, 0.3) is 5.70 Å². The van der Waals surface area contributed by atoms with Crippen LogP contribution in [0.4, 0.5) is 0 Å². The molecule has 0 radical (unpaired) electrons. The fraction of sp³-hybridized carbons (Fsp3) is 0.250. The van der Waals surface area contributed by atoms with Gasteiger partial charge in [-0.2, -0.15) is 0 Å². The Bertz CT molecular complexity index is 760. The summed E-state index contributed by atoms with van der Waals surface area (Å²) in [6.07, 6.45) is 0. The van der Waals surface area contributed by atoms with Crippen molar-refractivity contribution in [3.05, 3.63) is 75.8 Å². The van der Waals surface area contributed by atoms with Gasteiger partial charge in [-0.05, 0) is 33.3 Å². The number of aliphatic imine (C=N–C) groups is 1. The molecular weight excluding hydrogens is 361 g/mol. The van der Waals surface area contributed by atoms with E-state index in [2.05, 4.69) is 0 Å². The van der Waals surface area contributed by atoms with Crippen LogP contribution in [-0.2, 0) is 0 Å². The lowest BCUT2D eigenvalue weighted by Gasteiger charge is -2.19. The Kier molecular flexibility index (Phi) is 6.14. The third-order valence-electron chi connectivity index (χ3n) is 3.62. The summed E-state index contributed by atoms with van der Waals surface area (Å²) in [4.78, 5) is 4.75. The number of benzene rings is 2. The molecule has 0 bridgehead atoms. The second-order valence-electron chi connectivity index (χ2n) is 5.96. The first-order valence-corrected chi connectivity index (χ1v) is 8.79. The number of allylic oxidation sites excluding steroid dienone is 1. The van der Waals surface area contributed by atoms with Gasteiger partial charge in [-0.25, -0.2) is 4.99 Å². The minimum atomic E-state index is -1.14. The summed E-state index contributed by atoms with van der Waals surface area (Å²) in [7, 11) is 0. The molecule has 0 saturated carbocycles. The monoisotopic (exact) mass is 379 g/mol. The van der Waals surface area contributed by atoms with Gasteiger partial charge in [0.05, 0.1) is 11.4 Å². The number of hydrogen-bond acceptors (Lipinski definition) is 1. The maximum atomic E-state index is 6.40. The van der Waals surface area contributed by atoms with Crippen molar-refractivity contribution in [1.82, 2.24) is 0 Å². The van der Waals surface area contributed by atoms with E-state index in [0.29, 0.717) is 16.4 Å². The standard InChI is InChI=1S/C20H20Cl3N/c1-13-5-9-16(10-6-13)18(15(3)21)24-19(20(4,22)23)17-11-7-14(2)8-12-17/h5-12H,1-4H3/b18-15-,24-19?. The topological polar surface area (TPSA) is 12.4 Å². The lowest BCUT2D eigenvalue weighted by molar-refractivity contribution is 1.17.